The quantitative estimate of drug-likeness (QED) is 0.237. The molecule has 0 aliphatic carbocycles. The van der Waals surface area contributed by atoms with Crippen molar-refractivity contribution < 1.29 is 13.0 Å². The molecule has 80 valence electrons. The molecule has 0 bridgehead atoms. The number of hydrazone groups is 1. The Balaban J connectivity index is 3.07. The molecule has 0 aliphatic heterocycles. The number of nitrogens with zero attached hydrogens (tertiary/aromatic N) is 2. The lowest BCUT2D eigenvalue weighted by molar-refractivity contribution is 0.483. The number of hydrogen-bond donors (Lipinski definition) is 3. The Morgan fingerprint density at radius 1 is 1.40 bits per heavy atom. The van der Waals surface area contributed by atoms with Gasteiger partial charge in [-0.1, -0.05) is 12.1 Å². The average Bonchev–Trinajstić information content (AvgIpc) is 2.17. The molecule has 0 saturated heterocycles. The molecule has 0 heterocycles. The first-order valence-corrected chi connectivity index (χ1v) is 5.20. The summed E-state index contributed by atoms with van der Waals surface area (Å²) in [6, 6.07) is 5.69. The lowest BCUT2D eigenvalue weighted by Crippen LogP contribution is -2.02. The van der Waals surface area contributed by atoms with Gasteiger partial charge < -0.3 is 0 Å². The second-order valence-electron chi connectivity index (χ2n) is 2.46. The third kappa shape index (κ3) is 3.11. The van der Waals surface area contributed by atoms with Crippen LogP contribution >= 0.6 is 0 Å². The average molecular weight is 228 g/mol. The molecule has 0 atom stereocenters. The number of rotatable bonds is 4. The minimum atomic E-state index is -4.28. The Morgan fingerprint density at radius 3 is 2.67 bits per heavy atom. The molecule has 0 unspecified atom stereocenters. The maximum Gasteiger partial charge on any atom is 0.296 e. The van der Waals surface area contributed by atoms with Gasteiger partial charge in [0.1, 0.15) is 4.90 Å². The van der Waals surface area contributed by atoms with E-state index in [1.165, 1.54) is 18.2 Å². The van der Waals surface area contributed by atoms with Crippen molar-refractivity contribution in [2.45, 2.75) is 4.90 Å². The monoisotopic (exact) mass is 228 g/mol. The summed E-state index contributed by atoms with van der Waals surface area (Å²) in [6.45, 7) is 0. The number of hydrogen-bond acceptors (Lipinski definition) is 5. The predicted molar refractivity (Wildman–Crippen MR) is 53.5 cm³/mol. The van der Waals surface area contributed by atoms with Crippen LogP contribution in [0.3, 0.4) is 0 Å². The summed E-state index contributed by atoms with van der Waals surface area (Å²) in [5, 5.41) is 6.26. The Labute approximate surface area is 86.1 Å². The number of benzene rings is 1. The molecule has 15 heavy (non-hydrogen) atoms. The molecule has 0 saturated carbocycles. The highest BCUT2D eigenvalue weighted by atomic mass is 32.2. The van der Waals surface area contributed by atoms with Crippen molar-refractivity contribution in [3.63, 3.8) is 0 Å². The van der Waals surface area contributed by atoms with Gasteiger partial charge in [0, 0.05) is 0 Å². The molecule has 7 nitrogen and oxygen atoms in total. The first-order valence-electron chi connectivity index (χ1n) is 3.76. The van der Waals surface area contributed by atoms with Crippen LogP contribution in [0.2, 0.25) is 0 Å². The molecular weight excluding hydrogens is 220 g/mol. The fourth-order valence-electron chi connectivity index (χ4n) is 0.911. The van der Waals surface area contributed by atoms with Gasteiger partial charge in [0.25, 0.3) is 10.1 Å². The van der Waals surface area contributed by atoms with Gasteiger partial charge in [-0.05, 0) is 12.1 Å². The van der Waals surface area contributed by atoms with Crippen molar-refractivity contribution in [3.05, 3.63) is 24.3 Å². The van der Waals surface area contributed by atoms with Crippen molar-refractivity contribution >= 4 is 22.1 Å². The molecule has 0 aliphatic rings. The van der Waals surface area contributed by atoms with Gasteiger partial charge in [0.05, 0.1) is 5.69 Å². The smallest absolute Gasteiger partial charge is 0.282 e. The topological polar surface area (TPSA) is 115 Å². The van der Waals surface area contributed by atoms with Crippen LogP contribution in [0.5, 0.6) is 0 Å². The second-order valence-corrected chi connectivity index (χ2v) is 3.85. The maximum atomic E-state index is 10.9. The zero-order valence-electron chi connectivity index (χ0n) is 7.45. The molecule has 1 aromatic carbocycles. The molecule has 0 spiro atoms. The highest BCUT2D eigenvalue weighted by Crippen LogP contribution is 2.19. The number of anilines is 1. The molecule has 8 heteroatoms. The summed E-state index contributed by atoms with van der Waals surface area (Å²) in [5.74, 6) is 0. The normalized spacial score (nSPS) is 11.5. The van der Waals surface area contributed by atoms with Crippen molar-refractivity contribution in [3.8, 4) is 0 Å². The number of para-hydroxylation sites is 1. The van der Waals surface area contributed by atoms with Crippen LogP contribution in [0.1, 0.15) is 0 Å². The lowest BCUT2D eigenvalue weighted by atomic mass is 10.3. The van der Waals surface area contributed by atoms with Crippen molar-refractivity contribution in [2.24, 2.45) is 10.2 Å². The van der Waals surface area contributed by atoms with E-state index >= 15 is 0 Å². The van der Waals surface area contributed by atoms with Crippen LogP contribution in [0.15, 0.2) is 39.4 Å². The molecule has 0 fully saturated rings. The van der Waals surface area contributed by atoms with E-state index in [1.807, 2.05) is 0 Å². The minimum absolute atomic E-state index is 0.111. The third-order valence-electron chi connectivity index (χ3n) is 1.47. The van der Waals surface area contributed by atoms with Gasteiger partial charge in [0.15, 0.2) is 6.34 Å². The summed E-state index contributed by atoms with van der Waals surface area (Å²) in [7, 11) is -4.28. The molecule has 1 aromatic rings. The Morgan fingerprint density at radius 2 is 2.07 bits per heavy atom. The zero-order chi connectivity index (χ0) is 11.3. The van der Waals surface area contributed by atoms with Gasteiger partial charge in [-0.15, -0.1) is 5.11 Å². The Kier molecular flexibility index (Phi) is 3.47. The van der Waals surface area contributed by atoms with Crippen molar-refractivity contribution in [1.82, 2.24) is 0 Å². The molecule has 3 N–H and O–H groups in total. The van der Waals surface area contributed by atoms with E-state index in [-0.39, 0.29) is 10.6 Å². The van der Waals surface area contributed by atoms with Gasteiger partial charge in [-0.25, -0.2) is 5.53 Å². The lowest BCUT2D eigenvalue weighted by Gasteiger charge is -2.04. The van der Waals surface area contributed by atoms with E-state index < -0.39 is 10.1 Å². The maximum absolute atomic E-state index is 10.9. The zero-order valence-corrected chi connectivity index (χ0v) is 8.27. The van der Waals surface area contributed by atoms with Crippen molar-refractivity contribution in [1.29, 1.82) is 5.53 Å². The predicted octanol–water partition coefficient (Wildman–Crippen LogP) is 1.32. The molecule has 1 rings (SSSR count). The summed E-state index contributed by atoms with van der Waals surface area (Å²) >= 11 is 0. The van der Waals surface area contributed by atoms with E-state index in [2.05, 4.69) is 15.6 Å². The molecule has 0 amide bonds. The highest BCUT2D eigenvalue weighted by molar-refractivity contribution is 7.86. The molecule has 0 radical (unpaired) electrons. The van der Waals surface area contributed by atoms with Gasteiger partial charge in [-0.2, -0.15) is 13.5 Å². The van der Waals surface area contributed by atoms with Gasteiger partial charge in [-0.3, -0.25) is 9.98 Å². The first kappa shape index (κ1) is 11.3. The molecular formula is C7H8N4O3S. The largest absolute Gasteiger partial charge is 0.296 e. The van der Waals surface area contributed by atoms with E-state index in [0.717, 1.165) is 6.34 Å². The highest BCUT2D eigenvalue weighted by Gasteiger charge is 2.13. The van der Waals surface area contributed by atoms with Crippen LogP contribution in [0, 0.1) is 5.53 Å². The summed E-state index contributed by atoms with van der Waals surface area (Å²) in [4.78, 5) is -0.285. The Bertz CT molecular complexity index is 483. The summed E-state index contributed by atoms with van der Waals surface area (Å²) in [5.41, 5.74) is 8.86. The van der Waals surface area contributed by atoms with Crippen LogP contribution in [-0.4, -0.2) is 19.3 Å². The first-order chi connectivity index (χ1) is 7.05. The Hall–Kier alpha value is -1.80. The van der Waals surface area contributed by atoms with Crippen LogP contribution in [0.4, 0.5) is 5.69 Å². The third-order valence-corrected chi connectivity index (χ3v) is 2.38. The van der Waals surface area contributed by atoms with Crippen LogP contribution in [0.25, 0.3) is 0 Å². The van der Waals surface area contributed by atoms with Gasteiger partial charge >= 0.3 is 0 Å². The summed E-state index contributed by atoms with van der Waals surface area (Å²) in [6.07, 6.45) is 0.890. The van der Waals surface area contributed by atoms with Crippen molar-refractivity contribution in [2.75, 3.05) is 5.43 Å². The van der Waals surface area contributed by atoms with Crippen LogP contribution < -0.4 is 5.43 Å². The fraction of sp³-hybridized carbons (Fsp3) is 0. The second kappa shape index (κ2) is 4.62. The molecule has 0 aromatic heterocycles. The van der Waals surface area contributed by atoms with E-state index in [9.17, 15) is 8.42 Å². The van der Waals surface area contributed by atoms with Crippen LogP contribution in [-0.2, 0) is 10.1 Å². The van der Waals surface area contributed by atoms with E-state index in [4.69, 9.17) is 10.1 Å². The van der Waals surface area contributed by atoms with E-state index in [0.29, 0.717) is 0 Å². The SMILES string of the molecule is N=N/C=N/Nc1ccccc1S(=O)(=O)O. The standard InChI is InChI=1S/C7H8N4O3S/c8-9-5-10-11-6-3-1-2-4-7(6)15(12,13)14/h1-5,8,11H,(H,12,13,14)/b9-8?,10-5+. The summed E-state index contributed by atoms with van der Waals surface area (Å²) < 4.78 is 30.6. The van der Waals surface area contributed by atoms with E-state index in [1.54, 1.807) is 6.07 Å². The fourth-order valence-corrected chi connectivity index (χ4v) is 1.55. The minimum Gasteiger partial charge on any atom is -0.282 e. The van der Waals surface area contributed by atoms with Gasteiger partial charge in [0.2, 0.25) is 0 Å². The number of nitrogens with one attached hydrogen (secondary N) is 2.